The zero-order valence-corrected chi connectivity index (χ0v) is 10.5. The lowest BCUT2D eigenvalue weighted by Crippen LogP contribution is -2.28. The number of fused-ring (bicyclic) bond motifs is 1. The van der Waals surface area contributed by atoms with Gasteiger partial charge in [-0.3, -0.25) is 4.40 Å². The van der Waals surface area contributed by atoms with Crippen molar-refractivity contribution in [2.45, 2.75) is 39.3 Å². The third kappa shape index (κ3) is 1.76. The molecule has 3 nitrogen and oxygen atoms in total. The number of rotatable bonds is 4. The van der Waals surface area contributed by atoms with Gasteiger partial charge >= 0.3 is 0 Å². The first-order chi connectivity index (χ1) is 7.75. The molecule has 2 aromatic rings. The summed E-state index contributed by atoms with van der Waals surface area (Å²) in [7, 11) is 0. The van der Waals surface area contributed by atoms with Crippen molar-refractivity contribution in [2.75, 3.05) is 0 Å². The van der Waals surface area contributed by atoms with Gasteiger partial charge in [0.1, 0.15) is 0 Å². The molecule has 0 bridgehead atoms. The van der Waals surface area contributed by atoms with Gasteiger partial charge in [-0.15, -0.1) is 11.3 Å². The second kappa shape index (κ2) is 3.86. The van der Waals surface area contributed by atoms with Crippen molar-refractivity contribution in [3.8, 4) is 0 Å². The van der Waals surface area contributed by atoms with Crippen LogP contribution in [0.4, 0.5) is 0 Å². The number of aromatic nitrogens is 2. The Kier molecular flexibility index (Phi) is 2.48. The van der Waals surface area contributed by atoms with E-state index in [1.807, 2.05) is 0 Å². The quantitative estimate of drug-likeness (QED) is 0.882. The Bertz CT molecular complexity index is 495. The Balaban J connectivity index is 1.76. The van der Waals surface area contributed by atoms with Crippen LogP contribution in [0.3, 0.4) is 0 Å². The molecule has 3 rings (SSSR count). The van der Waals surface area contributed by atoms with Crippen molar-refractivity contribution in [3.63, 3.8) is 0 Å². The summed E-state index contributed by atoms with van der Waals surface area (Å²) in [4.78, 5) is 5.66. The second-order valence-corrected chi connectivity index (χ2v) is 5.58. The molecule has 0 aliphatic heterocycles. The van der Waals surface area contributed by atoms with E-state index in [1.54, 1.807) is 11.3 Å². The Labute approximate surface area is 99.5 Å². The summed E-state index contributed by atoms with van der Waals surface area (Å²) < 4.78 is 2.20. The minimum absolute atomic E-state index is 0.642. The van der Waals surface area contributed by atoms with E-state index in [0.29, 0.717) is 6.04 Å². The van der Waals surface area contributed by atoms with Crippen LogP contribution in [-0.4, -0.2) is 15.4 Å². The van der Waals surface area contributed by atoms with Crippen molar-refractivity contribution in [2.24, 2.45) is 5.92 Å². The van der Waals surface area contributed by atoms with E-state index in [4.69, 9.17) is 0 Å². The van der Waals surface area contributed by atoms with Crippen molar-refractivity contribution in [1.82, 2.24) is 14.7 Å². The van der Waals surface area contributed by atoms with Gasteiger partial charge in [0.2, 0.25) is 0 Å². The van der Waals surface area contributed by atoms with Gasteiger partial charge in [0.25, 0.3) is 0 Å². The number of nitrogens with one attached hydrogen (secondary N) is 1. The highest BCUT2D eigenvalue weighted by molar-refractivity contribution is 7.15. The normalized spacial score (nSPS) is 18.1. The van der Waals surface area contributed by atoms with Crippen LogP contribution in [0.2, 0.25) is 0 Å². The maximum absolute atomic E-state index is 4.55. The maximum Gasteiger partial charge on any atom is 0.194 e. The zero-order valence-electron chi connectivity index (χ0n) is 9.73. The molecule has 2 heterocycles. The number of thiazole rings is 1. The number of hydrogen-bond acceptors (Lipinski definition) is 3. The molecule has 1 N–H and O–H groups in total. The number of aryl methyl sites for hydroxylation is 1. The van der Waals surface area contributed by atoms with E-state index >= 15 is 0 Å². The third-order valence-electron chi connectivity index (χ3n) is 3.48. The first-order valence-corrected chi connectivity index (χ1v) is 6.78. The van der Waals surface area contributed by atoms with Crippen LogP contribution in [0.25, 0.3) is 4.96 Å². The molecule has 0 spiro atoms. The van der Waals surface area contributed by atoms with Gasteiger partial charge in [-0.2, -0.15) is 0 Å². The lowest BCUT2D eigenvalue weighted by molar-refractivity contribution is 0.490. The molecule has 0 saturated heterocycles. The topological polar surface area (TPSA) is 29.3 Å². The van der Waals surface area contributed by atoms with Crippen molar-refractivity contribution >= 4 is 16.3 Å². The minimum atomic E-state index is 0.642. The average Bonchev–Trinajstić information content (AvgIpc) is 2.94. The molecule has 1 aliphatic carbocycles. The molecule has 1 aliphatic rings. The predicted octanol–water partition coefficient (Wildman–Crippen LogP) is 2.59. The van der Waals surface area contributed by atoms with Crippen LogP contribution in [0.15, 0.2) is 11.6 Å². The SMILES string of the molecule is Cc1nc2sccn2c1CNC(C)C1CC1. The number of imidazole rings is 1. The highest BCUT2D eigenvalue weighted by Crippen LogP contribution is 2.32. The summed E-state index contributed by atoms with van der Waals surface area (Å²) in [5.41, 5.74) is 2.46. The number of hydrogen-bond donors (Lipinski definition) is 1. The highest BCUT2D eigenvalue weighted by atomic mass is 32.1. The molecule has 1 atom stereocenters. The van der Waals surface area contributed by atoms with Crippen LogP contribution < -0.4 is 5.32 Å². The Morgan fingerprint density at radius 1 is 1.62 bits per heavy atom. The molecule has 1 saturated carbocycles. The molecule has 0 radical (unpaired) electrons. The third-order valence-corrected chi connectivity index (χ3v) is 4.24. The van der Waals surface area contributed by atoms with Crippen molar-refractivity contribution in [1.29, 1.82) is 0 Å². The highest BCUT2D eigenvalue weighted by Gasteiger charge is 2.27. The monoisotopic (exact) mass is 235 g/mol. The molecule has 0 amide bonds. The maximum atomic E-state index is 4.55. The minimum Gasteiger partial charge on any atom is -0.308 e. The Hall–Kier alpha value is -0.870. The standard InChI is InChI=1S/C12H17N3S/c1-8(10-3-4-10)13-7-11-9(2)14-12-15(11)5-6-16-12/h5-6,8,10,13H,3-4,7H2,1-2H3. The second-order valence-electron chi connectivity index (χ2n) is 4.71. The molecule has 2 aromatic heterocycles. The van der Waals surface area contributed by atoms with Gasteiger partial charge in [0.05, 0.1) is 11.4 Å². The van der Waals surface area contributed by atoms with Gasteiger partial charge in [0, 0.05) is 24.2 Å². The lowest BCUT2D eigenvalue weighted by atomic mass is 10.2. The molecule has 1 unspecified atom stereocenters. The fourth-order valence-electron chi connectivity index (χ4n) is 2.17. The van der Waals surface area contributed by atoms with E-state index < -0.39 is 0 Å². The van der Waals surface area contributed by atoms with Crippen molar-refractivity contribution < 1.29 is 0 Å². The summed E-state index contributed by atoms with van der Waals surface area (Å²) in [6.45, 7) is 5.32. The fourth-order valence-corrected chi connectivity index (χ4v) is 2.95. The fraction of sp³-hybridized carbons (Fsp3) is 0.583. The van der Waals surface area contributed by atoms with Crippen molar-refractivity contribution in [3.05, 3.63) is 23.0 Å². The average molecular weight is 235 g/mol. The molecular formula is C12H17N3S. The molecular weight excluding hydrogens is 218 g/mol. The Morgan fingerprint density at radius 3 is 3.19 bits per heavy atom. The van der Waals surface area contributed by atoms with E-state index in [-0.39, 0.29) is 0 Å². The molecule has 16 heavy (non-hydrogen) atoms. The largest absolute Gasteiger partial charge is 0.308 e. The van der Waals surface area contributed by atoms with Gasteiger partial charge in [-0.05, 0) is 32.6 Å². The van der Waals surface area contributed by atoms with Crippen LogP contribution in [0.1, 0.15) is 31.2 Å². The zero-order chi connectivity index (χ0) is 11.1. The number of nitrogens with zero attached hydrogens (tertiary/aromatic N) is 2. The summed E-state index contributed by atoms with van der Waals surface area (Å²) in [6.07, 6.45) is 4.90. The van der Waals surface area contributed by atoms with E-state index in [9.17, 15) is 0 Å². The predicted molar refractivity (Wildman–Crippen MR) is 66.8 cm³/mol. The Morgan fingerprint density at radius 2 is 2.44 bits per heavy atom. The summed E-state index contributed by atoms with van der Waals surface area (Å²) in [5, 5.41) is 5.71. The van der Waals surface area contributed by atoms with Crippen LogP contribution in [0.5, 0.6) is 0 Å². The van der Waals surface area contributed by atoms with E-state index in [1.165, 1.54) is 18.5 Å². The molecule has 0 aromatic carbocycles. The smallest absolute Gasteiger partial charge is 0.194 e. The van der Waals surface area contributed by atoms with Gasteiger partial charge in [-0.1, -0.05) is 0 Å². The summed E-state index contributed by atoms with van der Waals surface area (Å²) in [5.74, 6) is 0.909. The lowest BCUT2D eigenvalue weighted by Gasteiger charge is -2.12. The van der Waals surface area contributed by atoms with Gasteiger partial charge in [-0.25, -0.2) is 4.98 Å². The van der Waals surface area contributed by atoms with E-state index in [2.05, 4.69) is 40.1 Å². The van der Waals surface area contributed by atoms with Crippen LogP contribution >= 0.6 is 11.3 Å². The van der Waals surface area contributed by atoms with E-state index in [0.717, 1.165) is 23.1 Å². The van der Waals surface area contributed by atoms with Gasteiger partial charge in [0.15, 0.2) is 4.96 Å². The first kappa shape index (κ1) is 10.3. The molecule has 1 fully saturated rings. The summed E-state index contributed by atoms with van der Waals surface area (Å²) >= 11 is 1.70. The summed E-state index contributed by atoms with van der Waals surface area (Å²) in [6, 6.07) is 0.642. The van der Waals surface area contributed by atoms with Crippen LogP contribution in [0, 0.1) is 12.8 Å². The molecule has 4 heteroatoms. The van der Waals surface area contributed by atoms with Gasteiger partial charge < -0.3 is 5.32 Å². The first-order valence-electron chi connectivity index (χ1n) is 5.90. The molecule has 86 valence electrons. The van der Waals surface area contributed by atoms with Crippen LogP contribution in [-0.2, 0) is 6.54 Å².